The molecular weight excluding hydrogens is 523 g/mol. The van der Waals surface area contributed by atoms with E-state index in [1.165, 1.54) is 14.2 Å². The molecule has 1 unspecified atom stereocenters. The summed E-state index contributed by atoms with van der Waals surface area (Å²) in [6.45, 7) is 2.79. The molecule has 2 aromatic heterocycles. The minimum absolute atomic E-state index is 0.129. The van der Waals surface area contributed by atoms with Gasteiger partial charge in [0.1, 0.15) is 17.7 Å². The topological polar surface area (TPSA) is 158 Å². The lowest BCUT2D eigenvalue weighted by Crippen LogP contribution is -2.52. The van der Waals surface area contributed by atoms with Crippen molar-refractivity contribution < 1.29 is 29.1 Å². The fourth-order valence-corrected chi connectivity index (χ4v) is 4.76. The summed E-state index contributed by atoms with van der Waals surface area (Å²) in [5, 5.41) is 19.8. The lowest BCUT2D eigenvalue weighted by molar-refractivity contribution is 0.0695. The van der Waals surface area contributed by atoms with E-state index in [9.17, 15) is 19.5 Å². The van der Waals surface area contributed by atoms with Crippen LogP contribution >= 0.6 is 34.5 Å². The number of oxime groups is 1. The first-order valence-electron chi connectivity index (χ1n) is 10.4. The maximum Gasteiger partial charge on any atom is 0.348 e. The normalized spacial score (nSPS) is 16.9. The number of methoxy groups -OCH3 is 1. The summed E-state index contributed by atoms with van der Waals surface area (Å²) in [6, 6.07) is -0.479. The number of aromatic amines is 1. The van der Waals surface area contributed by atoms with Crippen molar-refractivity contribution in [2.75, 3.05) is 45.4 Å². The van der Waals surface area contributed by atoms with E-state index in [0.29, 0.717) is 29.5 Å². The number of piperidine rings is 1. The Morgan fingerprint density at radius 1 is 1.29 bits per heavy atom. The van der Waals surface area contributed by atoms with Crippen LogP contribution in [0.5, 0.6) is 0 Å². The number of carboxylic acid groups (broad SMARTS) is 1. The number of anilines is 1. The highest BCUT2D eigenvalue weighted by Crippen LogP contribution is 2.30. The quantitative estimate of drug-likeness (QED) is 0.275. The molecule has 1 saturated heterocycles. The standard InChI is InChI=1S/C20H24Cl2N6O6S/c1-9-12(21)13(22)14(24-9)18(30)25-10-4-6-28(8-11(10)27-34-3)20-26-15(16(35-20)19(31)32)17(29)23-5-7-33-2/h10,24H,4-8H2,1-3H3,(H,23,29)(H,25,30)(H,31,32). The number of H-pyrrole nitrogens is 1. The highest BCUT2D eigenvalue weighted by Gasteiger charge is 2.32. The predicted molar refractivity (Wildman–Crippen MR) is 131 cm³/mol. The number of aromatic nitrogens is 2. The van der Waals surface area contributed by atoms with Crippen molar-refractivity contribution in [3.8, 4) is 0 Å². The Kier molecular flexibility index (Phi) is 8.94. The van der Waals surface area contributed by atoms with Crippen LogP contribution in [-0.2, 0) is 9.57 Å². The number of carbonyl (C=O) groups excluding carboxylic acids is 2. The summed E-state index contributed by atoms with van der Waals surface area (Å²) in [6.07, 6.45) is 0.413. The third-order valence-electron chi connectivity index (χ3n) is 5.13. The van der Waals surface area contributed by atoms with Crippen LogP contribution in [0.4, 0.5) is 5.13 Å². The molecule has 0 spiro atoms. The average molecular weight is 547 g/mol. The molecule has 12 nitrogen and oxygen atoms in total. The van der Waals surface area contributed by atoms with Crippen LogP contribution in [0.1, 0.15) is 42.8 Å². The van der Waals surface area contributed by atoms with E-state index in [1.54, 1.807) is 11.8 Å². The number of thiazole rings is 1. The number of aromatic carboxylic acids is 1. The molecule has 0 bridgehead atoms. The highest BCUT2D eigenvalue weighted by atomic mass is 35.5. The molecule has 1 aliphatic rings. The van der Waals surface area contributed by atoms with Crippen LogP contribution in [-0.4, -0.2) is 85.1 Å². The number of nitrogens with zero attached hydrogens (tertiary/aromatic N) is 3. The van der Waals surface area contributed by atoms with Gasteiger partial charge in [-0.15, -0.1) is 0 Å². The van der Waals surface area contributed by atoms with Crippen molar-refractivity contribution >= 4 is 63.2 Å². The van der Waals surface area contributed by atoms with Crippen LogP contribution < -0.4 is 15.5 Å². The molecule has 1 aliphatic heterocycles. The molecule has 0 aromatic carbocycles. The van der Waals surface area contributed by atoms with Crippen LogP contribution in [0.2, 0.25) is 10.0 Å². The molecule has 3 rings (SSSR count). The molecule has 190 valence electrons. The highest BCUT2D eigenvalue weighted by molar-refractivity contribution is 7.17. The number of ether oxygens (including phenoxy) is 1. The first-order valence-corrected chi connectivity index (χ1v) is 12.0. The van der Waals surface area contributed by atoms with Gasteiger partial charge < -0.3 is 35.2 Å². The van der Waals surface area contributed by atoms with Crippen molar-refractivity contribution in [3.63, 3.8) is 0 Å². The van der Waals surface area contributed by atoms with Gasteiger partial charge in [-0.05, 0) is 13.3 Å². The van der Waals surface area contributed by atoms with Crippen molar-refractivity contribution in [3.05, 3.63) is 32.0 Å². The van der Waals surface area contributed by atoms with Crippen molar-refractivity contribution in [2.45, 2.75) is 19.4 Å². The fraction of sp³-hybridized carbons (Fsp3) is 0.450. The predicted octanol–water partition coefficient (Wildman–Crippen LogP) is 2.17. The van der Waals surface area contributed by atoms with Crippen LogP contribution in [0.25, 0.3) is 0 Å². The minimum atomic E-state index is -1.25. The summed E-state index contributed by atoms with van der Waals surface area (Å²) in [7, 11) is 2.87. The van der Waals surface area contributed by atoms with E-state index < -0.39 is 23.8 Å². The van der Waals surface area contributed by atoms with E-state index in [0.717, 1.165) is 11.3 Å². The van der Waals surface area contributed by atoms with E-state index in [1.807, 2.05) is 0 Å². The molecule has 0 aliphatic carbocycles. The van der Waals surface area contributed by atoms with Gasteiger partial charge in [-0.25, -0.2) is 9.78 Å². The maximum atomic E-state index is 12.8. The molecule has 15 heteroatoms. The van der Waals surface area contributed by atoms with Crippen molar-refractivity contribution in [1.82, 2.24) is 20.6 Å². The lowest BCUT2D eigenvalue weighted by Gasteiger charge is -2.32. The van der Waals surface area contributed by atoms with E-state index in [4.69, 9.17) is 32.8 Å². The Bertz CT molecular complexity index is 1150. The van der Waals surface area contributed by atoms with Crippen LogP contribution in [0.15, 0.2) is 5.16 Å². The summed E-state index contributed by atoms with van der Waals surface area (Å²) < 4.78 is 4.89. The maximum absolute atomic E-state index is 12.8. The minimum Gasteiger partial charge on any atom is -0.477 e. The number of rotatable bonds is 9. The molecule has 2 amide bonds. The second-order valence-electron chi connectivity index (χ2n) is 7.48. The molecular formula is C20H24Cl2N6O6S. The number of aryl methyl sites for hydroxylation is 1. The zero-order chi connectivity index (χ0) is 25.7. The Balaban J connectivity index is 1.77. The SMILES string of the molecule is COCCNC(=O)c1nc(N2CCC(NC(=O)c3[nH]c(C)c(Cl)c3Cl)C(=NOC)C2)sc1C(=O)O. The van der Waals surface area contributed by atoms with Crippen LogP contribution in [0.3, 0.4) is 0 Å². The van der Waals surface area contributed by atoms with Gasteiger partial charge in [0.15, 0.2) is 10.8 Å². The smallest absolute Gasteiger partial charge is 0.348 e. The first kappa shape index (κ1) is 26.7. The lowest BCUT2D eigenvalue weighted by atomic mass is 10.0. The number of hydrogen-bond donors (Lipinski definition) is 4. The largest absolute Gasteiger partial charge is 0.477 e. The summed E-state index contributed by atoms with van der Waals surface area (Å²) in [5.41, 5.74) is 1.02. The number of amides is 2. The molecule has 3 heterocycles. The van der Waals surface area contributed by atoms with Crippen molar-refractivity contribution in [2.24, 2.45) is 5.16 Å². The van der Waals surface area contributed by atoms with Gasteiger partial charge in [-0.2, -0.15) is 0 Å². The van der Waals surface area contributed by atoms with Crippen LogP contribution in [0, 0.1) is 6.92 Å². The van der Waals surface area contributed by atoms with Gasteiger partial charge in [0.25, 0.3) is 11.8 Å². The van der Waals surface area contributed by atoms with E-state index >= 15 is 0 Å². The third kappa shape index (κ3) is 6.04. The molecule has 2 aromatic rings. The van der Waals surface area contributed by atoms with E-state index in [-0.39, 0.29) is 46.0 Å². The number of hydrogen-bond acceptors (Lipinski definition) is 9. The second kappa shape index (κ2) is 11.7. The van der Waals surface area contributed by atoms with Gasteiger partial charge in [0, 0.05) is 25.9 Å². The Morgan fingerprint density at radius 2 is 2.03 bits per heavy atom. The summed E-state index contributed by atoms with van der Waals surface area (Å²) >= 11 is 13.1. The molecule has 0 saturated carbocycles. The fourth-order valence-electron chi connectivity index (χ4n) is 3.42. The Hall–Kier alpha value is -2.87. The molecule has 0 radical (unpaired) electrons. The zero-order valence-corrected chi connectivity index (χ0v) is 21.4. The van der Waals surface area contributed by atoms with E-state index in [2.05, 4.69) is 25.8 Å². The number of nitrogens with one attached hydrogen (secondary N) is 3. The van der Waals surface area contributed by atoms with Gasteiger partial charge in [-0.1, -0.05) is 39.7 Å². The molecule has 35 heavy (non-hydrogen) atoms. The van der Waals surface area contributed by atoms with Crippen molar-refractivity contribution in [1.29, 1.82) is 0 Å². The molecule has 1 atom stereocenters. The van der Waals surface area contributed by atoms with Gasteiger partial charge in [-0.3, -0.25) is 9.59 Å². The van der Waals surface area contributed by atoms with Gasteiger partial charge >= 0.3 is 5.97 Å². The number of halogens is 2. The third-order valence-corrected chi connectivity index (χ3v) is 7.18. The summed E-state index contributed by atoms with van der Waals surface area (Å²) in [4.78, 5) is 50.6. The Labute approximate surface area is 214 Å². The molecule has 1 fully saturated rings. The van der Waals surface area contributed by atoms with Gasteiger partial charge in [0.2, 0.25) is 0 Å². The van der Waals surface area contributed by atoms with Gasteiger partial charge in [0.05, 0.1) is 35.0 Å². The Morgan fingerprint density at radius 3 is 2.63 bits per heavy atom. The second-order valence-corrected chi connectivity index (χ2v) is 9.22. The monoisotopic (exact) mass is 546 g/mol. The number of carbonyl (C=O) groups is 3. The average Bonchev–Trinajstić information content (AvgIpc) is 3.38. The number of carboxylic acids is 1. The zero-order valence-electron chi connectivity index (χ0n) is 19.1. The first-order chi connectivity index (χ1) is 16.7. The molecule has 4 N–H and O–H groups in total. The summed E-state index contributed by atoms with van der Waals surface area (Å²) in [5.74, 6) is -2.31.